The van der Waals surface area contributed by atoms with E-state index in [4.69, 9.17) is 4.98 Å². The molecule has 0 amide bonds. The summed E-state index contributed by atoms with van der Waals surface area (Å²) < 4.78 is 1.71. The maximum atomic E-state index is 12.7. The molecule has 1 aliphatic carbocycles. The van der Waals surface area contributed by atoms with E-state index in [2.05, 4.69) is 4.98 Å². The number of benzene rings is 1. The minimum absolute atomic E-state index is 0.0897. The maximum absolute atomic E-state index is 12.7. The lowest BCUT2D eigenvalue weighted by atomic mass is 10.1. The molecule has 1 saturated carbocycles. The second-order valence-corrected chi connectivity index (χ2v) is 5.21. The normalized spacial score (nSPS) is 15.4. The summed E-state index contributed by atoms with van der Waals surface area (Å²) in [5, 5.41) is 0. The van der Waals surface area contributed by atoms with Crippen LogP contribution in [0.4, 0.5) is 0 Å². The largest absolute Gasteiger partial charge is 0.323 e. The van der Waals surface area contributed by atoms with Gasteiger partial charge in [-0.15, -0.1) is 0 Å². The zero-order valence-corrected chi connectivity index (χ0v) is 10.8. The van der Waals surface area contributed by atoms with Gasteiger partial charge >= 0.3 is 0 Å². The van der Waals surface area contributed by atoms with Gasteiger partial charge in [-0.3, -0.25) is 4.79 Å². The lowest BCUT2D eigenvalue weighted by Crippen LogP contribution is -2.21. The summed E-state index contributed by atoms with van der Waals surface area (Å²) in [6.45, 7) is 2.03. The number of aromatic nitrogens is 3. The van der Waals surface area contributed by atoms with E-state index < -0.39 is 0 Å². The van der Waals surface area contributed by atoms with Crippen LogP contribution in [0.15, 0.2) is 29.1 Å². The van der Waals surface area contributed by atoms with Crippen molar-refractivity contribution in [2.45, 2.75) is 32.1 Å². The molecule has 1 N–H and O–H groups in total. The average molecular weight is 253 g/mol. The lowest BCUT2D eigenvalue weighted by Gasteiger charge is -2.05. The predicted octanol–water partition coefficient (Wildman–Crippen LogP) is 2.62. The Morgan fingerprint density at radius 1 is 1.37 bits per heavy atom. The van der Waals surface area contributed by atoms with E-state index in [1.807, 2.05) is 31.2 Å². The molecule has 96 valence electrons. The third kappa shape index (κ3) is 1.46. The molecule has 0 bridgehead atoms. The summed E-state index contributed by atoms with van der Waals surface area (Å²) in [7, 11) is 0. The Kier molecular flexibility index (Phi) is 2.10. The fourth-order valence-electron chi connectivity index (χ4n) is 2.80. The molecule has 0 radical (unpaired) electrons. The summed E-state index contributed by atoms with van der Waals surface area (Å²) in [6.07, 6.45) is 3.08. The molecule has 0 atom stereocenters. The number of fused-ring (bicyclic) bond motifs is 3. The molecule has 0 aliphatic heterocycles. The van der Waals surface area contributed by atoms with Crippen molar-refractivity contribution >= 4 is 16.8 Å². The van der Waals surface area contributed by atoms with Gasteiger partial charge in [0.25, 0.3) is 5.56 Å². The Balaban J connectivity index is 2.18. The molecule has 1 aliphatic rings. The molecule has 1 aromatic carbocycles. The van der Waals surface area contributed by atoms with Crippen molar-refractivity contribution in [3.63, 3.8) is 0 Å². The first-order chi connectivity index (χ1) is 9.29. The molecule has 2 heterocycles. The molecule has 0 saturated heterocycles. The van der Waals surface area contributed by atoms with Crippen molar-refractivity contribution < 1.29 is 0 Å². The van der Waals surface area contributed by atoms with Crippen molar-refractivity contribution in [2.24, 2.45) is 0 Å². The lowest BCUT2D eigenvalue weighted by molar-refractivity contribution is 0.897. The second-order valence-electron chi connectivity index (χ2n) is 5.21. The fourth-order valence-corrected chi connectivity index (χ4v) is 2.80. The summed E-state index contributed by atoms with van der Waals surface area (Å²) in [4.78, 5) is 20.6. The van der Waals surface area contributed by atoms with Gasteiger partial charge in [0.2, 0.25) is 5.78 Å². The van der Waals surface area contributed by atoms with Crippen LogP contribution in [0.3, 0.4) is 0 Å². The highest BCUT2D eigenvalue weighted by Gasteiger charge is 2.29. The average Bonchev–Trinajstić information content (AvgIpc) is 3.19. The molecule has 4 nitrogen and oxygen atoms in total. The highest BCUT2D eigenvalue weighted by Crippen LogP contribution is 2.40. The SMILES string of the molecule is CCc1c(C2CC2)nc2[nH]c3ccccc3n2c1=O. The summed E-state index contributed by atoms with van der Waals surface area (Å²) in [6, 6.07) is 7.85. The van der Waals surface area contributed by atoms with Crippen molar-refractivity contribution in [2.75, 3.05) is 0 Å². The first-order valence-corrected chi connectivity index (χ1v) is 6.82. The predicted molar refractivity (Wildman–Crippen MR) is 74.7 cm³/mol. The molecular formula is C15H15N3O. The van der Waals surface area contributed by atoms with Crippen LogP contribution in [0, 0.1) is 0 Å². The number of nitrogens with one attached hydrogen (secondary N) is 1. The number of rotatable bonds is 2. The zero-order valence-electron chi connectivity index (χ0n) is 10.8. The number of H-pyrrole nitrogens is 1. The Morgan fingerprint density at radius 2 is 2.16 bits per heavy atom. The van der Waals surface area contributed by atoms with Crippen LogP contribution in [0.2, 0.25) is 0 Å². The van der Waals surface area contributed by atoms with E-state index in [1.54, 1.807) is 4.40 Å². The van der Waals surface area contributed by atoms with E-state index >= 15 is 0 Å². The Labute approximate surface area is 110 Å². The fraction of sp³-hybridized carbons (Fsp3) is 0.333. The molecule has 3 aromatic rings. The van der Waals surface area contributed by atoms with Gasteiger partial charge in [0.15, 0.2) is 0 Å². The number of hydrogen-bond donors (Lipinski definition) is 1. The van der Waals surface area contributed by atoms with Gasteiger partial charge in [-0.05, 0) is 31.4 Å². The maximum Gasteiger partial charge on any atom is 0.263 e. The van der Waals surface area contributed by atoms with Crippen molar-refractivity contribution in [1.29, 1.82) is 0 Å². The first-order valence-electron chi connectivity index (χ1n) is 6.82. The second kappa shape index (κ2) is 3.70. The van der Waals surface area contributed by atoms with Crippen molar-refractivity contribution in [1.82, 2.24) is 14.4 Å². The van der Waals surface area contributed by atoms with Crippen LogP contribution in [0.1, 0.15) is 36.9 Å². The van der Waals surface area contributed by atoms with E-state index in [0.717, 1.165) is 41.6 Å². The van der Waals surface area contributed by atoms with Crippen LogP contribution in [-0.4, -0.2) is 14.4 Å². The van der Waals surface area contributed by atoms with Crippen LogP contribution in [0.25, 0.3) is 16.8 Å². The van der Waals surface area contributed by atoms with Gasteiger partial charge in [-0.2, -0.15) is 0 Å². The molecule has 0 unspecified atom stereocenters. The van der Waals surface area contributed by atoms with E-state index in [9.17, 15) is 4.79 Å². The van der Waals surface area contributed by atoms with Crippen LogP contribution in [-0.2, 0) is 6.42 Å². The number of para-hydroxylation sites is 2. The number of nitrogens with zero attached hydrogens (tertiary/aromatic N) is 2. The number of aromatic amines is 1. The zero-order chi connectivity index (χ0) is 13.0. The van der Waals surface area contributed by atoms with Crippen molar-refractivity contribution in [3.8, 4) is 0 Å². The van der Waals surface area contributed by atoms with Gasteiger partial charge < -0.3 is 4.98 Å². The van der Waals surface area contributed by atoms with Gasteiger partial charge in [0.05, 0.1) is 16.7 Å². The summed E-state index contributed by atoms with van der Waals surface area (Å²) in [5.41, 5.74) is 3.85. The molecule has 1 fully saturated rings. The molecule has 4 rings (SSSR count). The topological polar surface area (TPSA) is 50.2 Å². The van der Waals surface area contributed by atoms with Crippen LogP contribution in [0.5, 0.6) is 0 Å². The van der Waals surface area contributed by atoms with Gasteiger partial charge in [0.1, 0.15) is 0 Å². The first kappa shape index (κ1) is 10.8. The minimum atomic E-state index is 0.0897. The molecular weight excluding hydrogens is 238 g/mol. The van der Waals surface area contributed by atoms with E-state index in [0.29, 0.717) is 11.7 Å². The molecule has 4 heteroatoms. The minimum Gasteiger partial charge on any atom is -0.323 e. The highest BCUT2D eigenvalue weighted by molar-refractivity contribution is 5.79. The molecule has 2 aromatic heterocycles. The Hall–Kier alpha value is -2.10. The quantitative estimate of drug-likeness (QED) is 0.763. The third-order valence-electron chi connectivity index (χ3n) is 3.92. The van der Waals surface area contributed by atoms with Gasteiger partial charge in [-0.1, -0.05) is 19.1 Å². The number of hydrogen-bond acceptors (Lipinski definition) is 2. The monoisotopic (exact) mass is 253 g/mol. The van der Waals surface area contributed by atoms with Gasteiger partial charge in [0, 0.05) is 11.5 Å². The third-order valence-corrected chi connectivity index (χ3v) is 3.92. The highest BCUT2D eigenvalue weighted by atomic mass is 16.1. The summed E-state index contributed by atoms with van der Waals surface area (Å²) >= 11 is 0. The molecule has 19 heavy (non-hydrogen) atoms. The standard InChI is InChI=1S/C15H15N3O/c1-2-10-13(9-7-8-9)17-15-16-11-5-3-4-6-12(11)18(15)14(10)19/h3-6,9H,2,7-8H2,1H3,(H,16,17). The van der Waals surface area contributed by atoms with Crippen molar-refractivity contribution in [3.05, 3.63) is 45.9 Å². The van der Waals surface area contributed by atoms with E-state index in [1.165, 1.54) is 0 Å². The smallest absolute Gasteiger partial charge is 0.263 e. The Bertz CT molecular complexity index is 840. The van der Waals surface area contributed by atoms with E-state index in [-0.39, 0.29) is 5.56 Å². The van der Waals surface area contributed by atoms with Gasteiger partial charge in [-0.25, -0.2) is 9.38 Å². The number of imidazole rings is 1. The van der Waals surface area contributed by atoms with Crippen LogP contribution >= 0.6 is 0 Å². The summed E-state index contributed by atoms with van der Waals surface area (Å²) in [5.74, 6) is 1.17. The Morgan fingerprint density at radius 3 is 2.89 bits per heavy atom. The van der Waals surface area contributed by atoms with Crippen LogP contribution < -0.4 is 5.56 Å². The molecule has 0 spiro atoms.